The fourth-order valence-corrected chi connectivity index (χ4v) is 1.15. The predicted octanol–water partition coefficient (Wildman–Crippen LogP) is 2.00. The lowest BCUT2D eigenvalue weighted by Gasteiger charge is -2.23. The van der Waals surface area contributed by atoms with E-state index in [0.717, 1.165) is 0 Å². The van der Waals surface area contributed by atoms with Gasteiger partial charge in [-0.25, -0.2) is 18.0 Å². The second kappa shape index (κ2) is 5.26. The number of halogens is 3. The summed E-state index contributed by atoms with van der Waals surface area (Å²) in [5.74, 6) is -3.51. The van der Waals surface area contributed by atoms with Crippen molar-refractivity contribution < 1.29 is 23.1 Å². The van der Waals surface area contributed by atoms with Crippen molar-refractivity contribution in [3.63, 3.8) is 0 Å². The van der Waals surface area contributed by atoms with Crippen LogP contribution in [0.1, 0.15) is 13.8 Å². The predicted molar refractivity (Wildman–Crippen MR) is 59.6 cm³/mol. The Balaban J connectivity index is 2.83. The van der Waals surface area contributed by atoms with Crippen LogP contribution in [0.5, 0.6) is 0 Å². The molecule has 0 aliphatic heterocycles. The zero-order valence-corrected chi connectivity index (χ0v) is 9.85. The van der Waals surface area contributed by atoms with Crippen molar-refractivity contribution in [3.8, 4) is 0 Å². The van der Waals surface area contributed by atoms with E-state index in [9.17, 15) is 18.0 Å². The highest BCUT2D eigenvalue weighted by atomic mass is 19.1. The minimum atomic E-state index is -1.22. The van der Waals surface area contributed by atoms with Crippen molar-refractivity contribution in [1.82, 2.24) is 5.32 Å². The van der Waals surface area contributed by atoms with Crippen molar-refractivity contribution >= 4 is 11.7 Å². The highest BCUT2D eigenvalue weighted by Crippen LogP contribution is 2.20. The van der Waals surface area contributed by atoms with E-state index in [-0.39, 0.29) is 6.61 Å². The van der Waals surface area contributed by atoms with E-state index in [4.69, 9.17) is 5.11 Å². The minimum Gasteiger partial charge on any atom is -0.394 e. The summed E-state index contributed by atoms with van der Waals surface area (Å²) < 4.78 is 39.1. The largest absolute Gasteiger partial charge is 0.394 e. The fourth-order valence-electron chi connectivity index (χ4n) is 1.15. The number of hydrogen-bond donors (Lipinski definition) is 3. The third-order valence-electron chi connectivity index (χ3n) is 2.09. The Bertz CT molecular complexity index is 441. The minimum absolute atomic E-state index is 0.352. The number of nitrogens with one attached hydrogen (secondary N) is 2. The quantitative estimate of drug-likeness (QED) is 0.780. The molecule has 4 nitrogen and oxygen atoms in total. The van der Waals surface area contributed by atoms with E-state index in [1.54, 1.807) is 0 Å². The molecule has 2 amide bonds. The first-order valence-electron chi connectivity index (χ1n) is 5.10. The summed E-state index contributed by atoms with van der Waals surface area (Å²) in [4.78, 5) is 11.4. The van der Waals surface area contributed by atoms with Crippen LogP contribution in [0, 0.1) is 17.5 Å². The number of carbonyl (C=O) groups is 1. The second-order valence-electron chi connectivity index (χ2n) is 4.37. The van der Waals surface area contributed by atoms with Gasteiger partial charge in [-0.1, -0.05) is 0 Å². The number of aliphatic hydroxyl groups is 1. The molecule has 0 heterocycles. The van der Waals surface area contributed by atoms with Crippen molar-refractivity contribution in [2.75, 3.05) is 11.9 Å². The van der Waals surface area contributed by atoms with Crippen molar-refractivity contribution in [2.45, 2.75) is 19.4 Å². The first-order valence-corrected chi connectivity index (χ1v) is 5.10. The van der Waals surface area contributed by atoms with Crippen LogP contribution < -0.4 is 10.6 Å². The lowest BCUT2D eigenvalue weighted by Crippen LogP contribution is -2.48. The van der Waals surface area contributed by atoms with Gasteiger partial charge in [0.25, 0.3) is 0 Å². The average molecular weight is 262 g/mol. The van der Waals surface area contributed by atoms with Gasteiger partial charge in [0.15, 0.2) is 11.6 Å². The Labute approximate surface area is 102 Å². The van der Waals surface area contributed by atoms with E-state index in [2.05, 4.69) is 5.32 Å². The fraction of sp³-hybridized carbons (Fsp3) is 0.364. The highest BCUT2D eigenvalue weighted by molar-refractivity contribution is 5.90. The first-order chi connectivity index (χ1) is 8.25. The number of rotatable bonds is 3. The number of carbonyl (C=O) groups excluding carboxylic acids is 1. The van der Waals surface area contributed by atoms with E-state index in [1.807, 2.05) is 5.32 Å². The molecule has 0 aliphatic carbocycles. The number of benzene rings is 1. The maximum atomic E-state index is 13.2. The molecule has 1 aromatic rings. The van der Waals surface area contributed by atoms with E-state index in [1.165, 1.54) is 13.8 Å². The Morgan fingerprint density at radius 2 is 1.78 bits per heavy atom. The van der Waals surface area contributed by atoms with Crippen LogP contribution in [0.2, 0.25) is 0 Å². The van der Waals surface area contributed by atoms with Gasteiger partial charge in [-0.05, 0) is 13.8 Å². The number of hydrogen-bond acceptors (Lipinski definition) is 2. The number of urea groups is 1. The molecule has 0 bridgehead atoms. The second-order valence-corrected chi connectivity index (χ2v) is 4.37. The maximum absolute atomic E-state index is 13.2. The molecule has 0 saturated heterocycles. The van der Waals surface area contributed by atoms with E-state index < -0.39 is 34.7 Å². The zero-order chi connectivity index (χ0) is 13.9. The van der Waals surface area contributed by atoms with E-state index >= 15 is 0 Å². The van der Waals surface area contributed by atoms with Gasteiger partial charge >= 0.3 is 6.03 Å². The van der Waals surface area contributed by atoms with Gasteiger partial charge in [0.2, 0.25) is 0 Å². The molecule has 7 heteroatoms. The number of anilines is 1. The summed E-state index contributed by atoms with van der Waals surface area (Å²) in [6.45, 7) is 2.68. The molecule has 0 atom stereocenters. The highest BCUT2D eigenvalue weighted by Gasteiger charge is 2.21. The Morgan fingerprint density at radius 1 is 1.28 bits per heavy atom. The molecule has 0 fully saturated rings. The lowest BCUT2D eigenvalue weighted by molar-refractivity contribution is 0.187. The van der Waals surface area contributed by atoms with Crippen LogP contribution >= 0.6 is 0 Å². The van der Waals surface area contributed by atoms with Gasteiger partial charge in [-0.2, -0.15) is 0 Å². The summed E-state index contributed by atoms with van der Waals surface area (Å²) in [5, 5.41) is 13.1. The summed E-state index contributed by atoms with van der Waals surface area (Å²) in [6, 6.07) is 0.00428. The molecule has 0 radical (unpaired) electrons. The van der Waals surface area contributed by atoms with Crippen molar-refractivity contribution in [2.24, 2.45) is 0 Å². The Morgan fingerprint density at radius 3 is 2.22 bits per heavy atom. The summed E-state index contributed by atoms with van der Waals surface area (Å²) >= 11 is 0. The number of amides is 2. The lowest BCUT2D eigenvalue weighted by atomic mass is 10.1. The normalized spacial score (nSPS) is 11.2. The molecular formula is C11H13F3N2O2. The summed E-state index contributed by atoms with van der Waals surface area (Å²) in [7, 11) is 0. The molecule has 100 valence electrons. The molecule has 1 rings (SSSR count). The van der Waals surface area contributed by atoms with Crippen LogP contribution in [0.4, 0.5) is 23.7 Å². The van der Waals surface area contributed by atoms with Gasteiger partial charge in [0.05, 0.1) is 12.1 Å². The van der Waals surface area contributed by atoms with Crippen LogP contribution in [-0.2, 0) is 0 Å². The first kappa shape index (κ1) is 14.3. The van der Waals surface area contributed by atoms with Crippen molar-refractivity contribution in [3.05, 3.63) is 29.6 Å². The zero-order valence-electron chi connectivity index (χ0n) is 9.85. The molecule has 1 aromatic carbocycles. The Hall–Kier alpha value is -1.76. The van der Waals surface area contributed by atoms with Gasteiger partial charge in [-0.15, -0.1) is 0 Å². The molecule has 0 aliphatic rings. The van der Waals surface area contributed by atoms with Crippen LogP contribution in [0.25, 0.3) is 0 Å². The molecule has 0 saturated carbocycles. The van der Waals surface area contributed by atoms with Crippen LogP contribution in [-0.4, -0.2) is 23.3 Å². The molecular weight excluding hydrogens is 249 g/mol. The summed E-state index contributed by atoms with van der Waals surface area (Å²) in [6.07, 6.45) is 0. The van der Waals surface area contributed by atoms with Crippen LogP contribution in [0.15, 0.2) is 12.1 Å². The smallest absolute Gasteiger partial charge is 0.319 e. The average Bonchev–Trinajstić information content (AvgIpc) is 2.22. The van der Waals surface area contributed by atoms with Crippen LogP contribution in [0.3, 0.4) is 0 Å². The van der Waals surface area contributed by atoms with Gasteiger partial charge in [0.1, 0.15) is 11.5 Å². The van der Waals surface area contributed by atoms with Gasteiger partial charge < -0.3 is 15.7 Å². The molecule has 3 N–H and O–H groups in total. The third kappa shape index (κ3) is 3.63. The molecule has 0 unspecified atom stereocenters. The van der Waals surface area contributed by atoms with Crippen molar-refractivity contribution in [1.29, 1.82) is 0 Å². The topological polar surface area (TPSA) is 61.4 Å². The maximum Gasteiger partial charge on any atom is 0.319 e. The Kier molecular flexibility index (Phi) is 4.18. The summed E-state index contributed by atoms with van der Waals surface area (Å²) in [5.41, 5.74) is -1.69. The van der Waals surface area contributed by atoms with Gasteiger partial charge in [-0.3, -0.25) is 0 Å². The monoisotopic (exact) mass is 262 g/mol. The third-order valence-corrected chi connectivity index (χ3v) is 2.09. The van der Waals surface area contributed by atoms with Gasteiger partial charge in [0, 0.05) is 12.1 Å². The number of aliphatic hydroxyl groups excluding tert-OH is 1. The molecule has 0 aromatic heterocycles. The SMILES string of the molecule is CC(C)(CO)NC(=O)Nc1c(F)cc(F)cc1F. The van der Waals surface area contributed by atoms with E-state index in [0.29, 0.717) is 12.1 Å². The molecule has 0 spiro atoms. The molecule has 18 heavy (non-hydrogen) atoms. The standard InChI is InChI=1S/C11H13F3N2O2/c1-11(2,5-17)16-10(18)15-9-7(13)3-6(12)4-8(9)14/h3-4,17H,5H2,1-2H3,(H2,15,16,18).